The van der Waals surface area contributed by atoms with E-state index in [2.05, 4.69) is 69.4 Å². The Labute approximate surface area is 435 Å². The van der Waals surface area contributed by atoms with Crippen molar-refractivity contribution in [3.8, 4) is 0 Å². The highest BCUT2D eigenvalue weighted by Crippen LogP contribution is 2.16. The SMILES string of the molecule is CCCCCCC/C=C\C/C=C\C/C=C\CCCCCCCCCCCCCCC(=O)OCC(COC(=O)CCCCCCCCCCC)OC(=O)CCCCCCC/C=C\CCCCCCCCC. The van der Waals surface area contributed by atoms with Crippen LogP contribution in [0.15, 0.2) is 48.6 Å². The van der Waals surface area contributed by atoms with Crippen LogP contribution in [0.25, 0.3) is 0 Å². The standard InChI is InChI=1S/C64H116O6/c1-4-7-10-13-16-19-21-23-25-27-28-29-30-31-32-33-34-35-36-37-39-40-42-45-48-51-54-57-63(66)69-60-61(59-68-62(65)56-53-50-47-44-18-15-12-9-6-3)70-64(67)58-55-52-49-46-43-41-38-26-24-22-20-17-14-11-8-5-2/h21,23,26-28,30-31,38,61H,4-20,22,24-25,29,32-37,39-60H2,1-3H3/b23-21-,28-27-,31-30-,38-26-. The summed E-state index contributed by atoms with van der Waals surface area (Å²) in [5, 5.41) is 0. The third kappa shape index (κ3) is 56.3. The smallest absolute Gasteiger partial charge is 0.306 e. The van der Waals surface area contributed by atoms with Crippen LogP contribution in [0.1, 0.15) is 323 Å². The third-order valence-electron chi connectivity index (χ3n) is 13.6. The van der Waals surface area contributed by atoms with Gasteiger partial charge in [0.25, 0.3) is 0 Å². The molecule has 70 heavy (non-hydrogen) atoms. The summed E-state index contributed by atoms with van der Waals surface area (Å²) in [6.07, 6.45) is 72.7. The van der Waals surface area contributed by atoms with Gasteiger partial charge in [0.05, 0.1) is 0 Å². The predicted octanol–water partition coefficient (Wildman–Crippen LogP) is 20.6. The number of allylic oxidation sites excluding steroid dienone is 8. The lowest BCUT2D eigenvalue weighted by Crippen LogP contribution is -2.30. The van der Waals surface area contributed by atoms with Crippen molar-refractivity contribution in [3.05, 3.63) is 48.6 Å². The van der Waals surface area contributed by atoms with E-state index < -0.39 is 6.10 Å². The fourth-order valence-corrected chi connectivity index (χ4v) is 8.92. The Morgan fingerprint density at radius 2 is 0.514 bits per heavy atom. The molecular formula is C64H116O6. The highest BCUT2D eigenvalue weighted by Gasteiger charge is 2.19. The van der Waals surface area contributed by atoms with Gasteiger partial charge in [-0.3, -0.25) is 14.4 Å². The minimum Gasteiger partial charge on any atom is -0.462 e. The van der Waals surface area contributed by atoms with Crippen LogP contribution >= 0.6 is 0 Å². The van der Waals surface area contributed by atoms with Crippen molar-refractivity contribution < 1.29 is 28.6 Å². The molecule has 0 fully saturated rings. The number of ether oxygens (including phenoxy) is 3. The van der Waals surface area contributed by atoms with Gasteiger partial charge in [0.1, 0.15) is 13.2 Å². The topological polar surface area (TPSA) is 78.9 Å². The molecule has 0 saturated heterocycles. The third-order valence-corrected chi connectivity index (χ3v) is 13.6. The molecule has 1 unspecified atom stereocenters. The maximum atomic E-state index is 12.8. The summed E-state index contributed by atoms with van der Waals surface area (Å²) in [6, 6.07) is 0. The first-order valence-corrected chi connectivity index (χ1v) is 30.6. The van der Waals surface area contributed by atoms with E-state index in [1.54, 1.807) is 0 Å². The molecule has 0 bridgehead atoms. The van der Waals surface area contributed by atoms with Gasteiger partial charge in [-0.05, 0) is 83.5 Å². The van der Waals surface area contributed by atoms with Crippen LogP contribution < -0.4 is 0 Å². The lowest BCUT2D eigenvalue weighted by molar-refractivity contribution is -0.167. The van der Waals surface area contributed by atoms with Gasteiger partial charge in [0, 0.05) is 19.3 Å². The van der Waals surface area contributed by atoms with Gasteiger partial charge in [-0.15, -0.1) is 0 Å². The molecule has 408 valence electrons. The van der Waals surface area contributed by atoms with E-state index in [1.165, 1.54) is 205 Å². The van der Waals surface area contributed by atoms with Gasteiger partial charge in [-0.2, -0.15) is 0 Å². The van der Waals surface area contributed by atoms with Crippen LogP contribution in [0.2, 0.25) is 0 Å². The summed E-state index contributed by atoms with van der Waals surface area (Å²) in [5.74, 6) is -0.872. The monoisotopic (exact) mass is 981 g/mol. The number of rotatable bonds is 56. The van der Waals surface area contributed by atoms with Crippen LogP contribution in [-0.4, -0.2) is 37.2 Å². The van der Waals surface area contributed by atoms with E-state index in [-0.39, 0.29) is 31.1 Å². The highest BCUT2D eigenvalue weighted by molar-refractivity contribution is 5.71. The number of carbonyl (C=O) groups excluding carboxylic acids is 3. The van der Waals surface area contributed by atoms with Crippen LogP contribution in [0, 0.1) is 0 Å². The quantitative estimate of drug-likeness (QED) is 0.0261. The molecule has 0 amide bonds. The van der Waals surface area contributed by atoms with Crippen molar-refractivity contribution in [2.45, 2.75) is 329 Å². The Kier molecular flexibility index (Phi) is 56.7. The first-order chi connectivity index (χ1) is 34.5. The average Bonchev–Trinajstić information content (AvgIpc) is 3.36. The minimum atomic E-state index is -0.775. The van der Waals surface area contributed by atoms with Crippen LogP contribution in [0.3, 0.4) is 0 Å². The number of unbranched alkanes of at least 4 members (excludes halogenated alkanes) is 37. The van der Waals surface area contributed by atoms with Gasteiger partial charge >= 0.3 is 17.9 Å². The number of hydrogen-bond acceptors (Lipinski definition) is 6. The van der Waals surface area contributed by atoms with Crippen LogP contribution in [0.5, 0.6) is 0 Å². The molecule has 0 aromatic rings. The first-order valence-electron chi connectivity index (χ1n) is 30.6. The lowest BCUT2D eigenvalue weighted by Gasteiger charge is -2.18. The summed E-state index contributed by atoms with van der Waals surface area (Å²) in [4.78, 5) is 38.1. The van der Waals surface area contributed by atoms with Crippen molar-refractivity contribution in [2.24, 2.45) is 0 Å². The number of esters is 3. The maximum Gasteiger partial charge on any atom is 0.306 e. The fraction of sp³-hybridized carbons (Fsp3) is 0.828. The van der Waals surface area contributed by atoms with Crippen molar-refractivity contribution in [1.29, 1.82) is 0 Å². The summed E-state index contributed by atoms with van der Waals surface area (Å²) in [6.45, 7) is 6.63. The van der Waals surface area contributed by atoms with Crippen molar-refractivity contribution in [1.82, 2.24) is 0 Å². The van der Waals surface area contributed by atoms with E-state index in [4.69, 9.17) is 14.2 Å². The Morgan fingerprint density at radius 1 is 0.286 bits per heavy atom. The molecule has 1 atom stereocenters. The molecule has 0 spiro atoms. The molecule has 0 heterocycles. The number of hydrogen-bond donors (Lipinski definition) is 0. The van der Waals surface area contributed by atoms with Crippen LogP contribution in [0.4, 0.5) is 0 Å². The first kappa shape index (κ1) is 67.4. The Hall–Kier alpha value is -2.63. The molecule has 0 aliphatic rings. The Balaban J connectivity index is 4.17. The number of carbonyl (C=O) groups is 3. The van der Waals surface area contributed by atoms with Crippen molar-refractivity contribution in [2.75, 3.05) is 13.2 Å². The Bertz CT molecular complexity index is 1220. The second-order valence-electron chi connectivity index (χ2n) is 20.6. The van der Waals surface area contributed by atoms with E-state index in [9.17, 15) is 14.4 Å². The maximum absolute atomic E-state index is 12.8. The van der Waals surface area contributed by atoms with E-state index in [0.717, 1.165) is 77.0 Å². The van der Waals surface area contributed by atoms with Crippen molar-refractivity contribution in [3.63, 3.8) is 0 Å². The zero-order valence-corrected chi connectivity index (χ0v) is 46.8. The second-order valence-corrected chi connectivity index (χ2v) is 20.6. The molecular weight excluding hydrogens is 865 g/mol. The van der Waals surface area contributed by atoms with Gasteiger partial charge in [-0.25, -0.2) is 0 Å². The van der Waals surface area contributed by atoms with Gasteiger partial charge < -0.3 is 14.2 Å². The average molecular weight is 982 g/mol. The largest absolute Gasteiger partial charge is 0.462 e. The summed E-state index contributed by atoms with van der Waals surface area (Å²) < 4.78 is 16.8. The van der Waals surface area contributed by atoms with Gasteiger partial charge in [-0.1, -0.05) is 268 Å². The molecule has 0 aromatic carbocycles. The fourth-order valence-electron chi connectivity index (χ4n) is 8.92. The molecule has 0 saturated carbocycles. The van der Waals surface area contributed by atoms with Gasteiger partial charge in [0.2, 0.25) is 0 Å². The molecule has 0 aliphatic carbocycles. The summed E-state index contributed by atoms with van der Waals surface area (Å²) in [5.41, 5.74) is 0. The normalized spacial score (nSPS) is 12.3. The zero-order chi connectivity index (χ0) is 50.7. The predicted molar refractivity (Wildman–Crippen MR) is 302 cm³/mol. The zero-order valence-electron chi connectivity index (χ0n) is 46.8. The highest BCUT2D eigenvalue weighted by atomic mass is 16.6. The minimum absolute atomic E-state index is 0.0738. The molecule has 0 aliphatic heterocycles. The van der Waals surface area contributed by atoms with E-state index >= 15 is 0 Å². The molecule has 6 nitrogen and oxygen atoms in total. The van der Waals surface area contributed by atoms with Crippen LogP contribution in [-0.2, 0) is 28.6 Å². The van der Waals surface area contributed by atoms with Gasteiger partial charge in [0.15, 0.2) is 6.10 Å². The second kappa shape index (κ2) is 58.9. The molecule has 0 aromatic heterocycles. The lowest BCUT2D eigenvalue weighted by atomic mass is 10.0. The van der Waals surface area contributed by atoms with E-state index in [0.29, 0.717) is 19.3 Å². The molecule has 6 heteroatoms. The van der Waals surface area contributed by atoms with Crippen molar-refractivity contribution >= 4 is 17.9 Å². The summed E-state index contributed by atoms with van der Waals surface area (Å²) >= 11 is 0. The molecule has 0 radical (unpaired) electrons. The van der Waals surface area contributed by atoms with E-state index in [1.807, 2.05) is 0 Å². The molecule has 0 N–H and O–H groups in total. The summed E-state index contributed by atoms with van der Waals surface area (Å²) in [7, 11) is 0. The molecule has 0 rings (SSSR count). The Morgan fingerprint density at radius 3 is 0.814 bits per heavy atom.